The van der Waals surface area contributed by atoms with Crippen molar-refractivity contribution in [2.45, 2.75) is 53.2 Å². The third kappa shape index (κ3) is 7.72. The lowest BCUT2D eigenvalue weighted by Crippen LogP contribution is -2.47. The fraction of sp³-hybridized carbons (Fsp3) is 0.500. The predicted octanol–water partition coefficient (Wildman–Crippen LogP) is 2.39. The Balaban J connectivity index is 1.07. The van der Waals surface area contributed by atoms with Gasteiger partial charge in [-0.1, -0.05) is 24.3 Å². The summed E-state index contributed by atoms with van der Waals surface area (Å²) >= 11 is 0. The first kappa shape index (κ1) is 31.8. The highest BCUT2D eigenvalue weighted by atomic mass is 32.2. The summed E-state index contributed by atoms with van der Waals surface area (Å²) in [5, 5.41) is 14.6. The van der Waals surface area contributed by atoms with Gasteiger partial charge in [-0.15, -0.1) is 0 Å². The molecule has 2 atom stereocenters. The van der Waals surface area contributed by atoms with Crippen LogP contribution in [0.5, 0.6) is 5.75 Å². The van der Waals surface area contributed by atoms with Crippen LogP contribution in [0.2, 0.25) is 0 Å². The molecule has 1 aromatic heterocycles. The standard InChI is InChI=1S/C30H39N3O8S2/c1-39-14-5-15-42(35,36)27-8-4-7-26(17-27)40-22-25(34)19-31-24-18-30(41-21-24)10-12-33(13-11-30)43(37,38)28-16-23-6-2-3-9-29(23)32-20-28/h2-4,6-9,16-17,20,24-25,31,34H,5,10-15,18-19,21-22H2,1H3/t24-,25?/m1/s1. The highest BCUT2D eigenvalue weighted by Gasteiger charge is 2.44. The van der Waals surface area contributed by atoms with Gasteiger partial charge in [0.15, 0.2) is 9.84 Å². The number of nitrogens with zero attached hydrogens (tertiary/aromatic N) is 2. The quantitative estimate of drug-likeness (QED) is 0.269. The number of ether oxygens (including phenoxy) is 3. The summed E-state index contributed by atoms with van der Waals surface area (Å²) in [4.78, 5) is 4.69. The molecule has 13 heteroatoms. The third-order valence-corrected chi connectivity index (χ3v) is 11.7. The van der Waals surface area contributed by atoms with Crippen LogP contribution in [0.1, 0.15) is 25.7 Å². The molecule has 3 aromatic rings. The van der Waals surface area contributed by atoms with E-state index in [0.717, 1.165) is 17.3 Å². The van der Waals surface area contributed by atoms with E-state index < -0.39 is 31.6 Å². The van der Waals surface area contributed by atoms with Crippen molar-refractivity contribution in [2.75, 3.05) is 52.3 Å². The number of aliphatic hydroxyl groups excluding tert-OH is 1. The maximum absolute atomic E-state index is 13.3. The Morgan fingerprint density at radius 3 is 2.67 bits per heavy atom. The Kier molecular flexibility index (Phi) is 10.0. The third-order valence-electron chi connectivity index (χ3n) is 8.06. The molecule has 5 rings (SSSR count). The van der Waals surface area contributed by atoms with E-state index >= 15 is 0 Å². The van der Waals surface area contributed by atoms with Crippen LogP contribution < -0.4 is 10.1 Å². The number of methoxy groups -OCH3 is 1. The van der Waals surface area contributed by atoms with Crippen molar-refractivity contribution in [1.29, 1.82) is 0 Å². The summed E-state index contributed by atoms with van der Waals surface area (Å²) in [6, 6.07) is 15.4. The SMILES string of the molecule is COCCCS(=O)(=O)c1cccc(OCC(O)CN[C@H]2COC3(CCN(S(=O)(=O)c4cnc5ccccc5c4)CC3)C2)c1. The van der Waals surface area contributed by atoms with Crippen LogP contribution in [0.15, 0.2) is 70.6 Å². The van der Waals surface area contributed by atoms with Crippen LogP contribution in [-0.2, 0) is 29.3 Å². The van der Waals surface area contributed by atoms with Crippen LogP contribution in [0.25, 0.3) is 10.9 Å². The number of benzene rings is 2. The first-order valence-electron chi connectivity index (χ1n) is 14.5. The van der Waals surface area contributed by atoms with Gasteiger partial charge in [-0.2, -0.15) is 4.31 Å². The zero-order chi connectivity index (χ0) is 30.5. The van der Waals surface area contributed by atoms with Crippen molar-refractivity contribution in [2.24, 2.45) is 0 Å². The maximum atomic E-state index is 13.3. The van der Waals surface area contributed by atoms with Gasteiger partial charge in [0.1, 0.15) is 23.4 Å². The second-order valence-corrected chi connectivity index (χ2v) is 15.2. The molecule has 2 aromatic carbocycles. The van der Waals surface area contributed by atoms with Gasteiger partial charge < -0.3 is 24.6 Å². The Hall–Kier alpha value is -2.65. The molecule has 0 aliphatic carbocycles. The second-order valence-electron chi connectivity index (χ2n) is 11.2. The number of fused-ring (bicyclic) bond motifs is 1. The molecule has 2 aliphatic rings. The molecule has 2 N–H and O–H groups in total. The van der Waals surface area contributed by atoms with E-state index in [1.54, 1.807) is 18.2 Å². The normalized spacial score (nSPS) is 20.0. The molecule has 2 aliphatic heterocycles. The average Bonchev–Trinajstić information content (AvgIpc) is 3.41. The molecule has 11 nitrogen and oxygen atoms in total. The van der Waals surface area contributed by atoms with Gasteiger partial charge in [0.25, 0.3) is 0 Å². The number of sulfone groups is 1. The zero-order valence-corrected chi connectivity index (χ0v) is 25.9. The van der Waals surface area contributed by atoms with Crippen molar-refractivity contribution in [3.8, 4) is 5.75 Å². The van der Waals surface area contributed by atoms with Gasteiger partial charge in [-0.05, 0) is 56.0 Å². The maximum Gasteiger partial charge on any atom is 0.244 e. The summed E-state index contributed by atoms with van der Waals surface area (Å²) in [6.45, 7) is 1.83. The monoisotopic (exact) mass is 633 g/mol. The summed E-state index contributed by atoms with van der Waals surface area (Å²) in [5.74, 6) is 0.355. The smallest absolute Gasteiger partial charge is 0.244 e. The molecular formula is C30H39N3O8S2. The number of piperidine rings is 1. The van der Waals surface area contributed by atoms with E-state index in [2.05, 4.69) is 10.3 Å². The van der Waals surface area contributed by atoms with Crippen molar-refractivity contribution in [3.63, 3.8) is 0 Å². The number of aliphatic hydroxyl groups is 1. The highest BCUT2D eigenvalue weighted by Crippen LogP contribution is 2.37. The van der Waals surface area contributed by atoms with Crippen molar-refractivity contribution in [3.05, 3.63) is 60.8 Å². The Morgan fingerprint density at radius 2 is 1.88 bits per heavy atom. The number of nitrogens with one attached hydrogen (secondary N) is 1. The number of hydrogen-bond donors (Lipinski definition) is 2. The molecule has 0 amide bonds. The second kappa shape index (κ2) is 13.6. The molecule has 0 bridgehead atoms. The number of sulfonamides is 1. The fourth-order valence-electron chi connectivity index (χ4n) is 5.62. The molecule has 234 valence electrons. The van der Waals surface area contributed by atoms with Crippen molar-refractivity contribution in [1.82, 2.24) is 14.6 Å². The van der Waals surface area contributed by atoms with E-state index in [0.29, 0.717) is 51.3 Å². The molecule has 0 saturated carbocycles. The molecular weight excluding hydrogens is 594 g/mol. The van der Waals surface area contributed by atoms with Crippen LogP contribution in [-0.4, -0.2) is 101 Å². The fourth-order valence-corrected chi connectivity index (χ4v) is 8.36. The number of rotatable bonds is 13. The highest BCUT2D eigenvalue weighted by molar-refractivity contribution is 7.91. The summed E-state index contributed by atoms with van der Waals surface area (Å²) < 4.78 is 70.0. The van der Waals surface area contributed by atoms with Crippen LogP contribution >= 0.6 is 0 Å². The molecule has 43 heavy (non-hydrogen) atoms. The predicted molar refractivity (Wildman–Crippen MR) is 161 cm³/mol. The van der Waals surface area contributed by atoms with Gasteiger partial charge in [-0.25, -0.2) is 16.8 Å². The largest absolute Gasteiger partial charge is 0.491 e. The topological polar surface area (TPSA) is 144 Å². The molecule has 3 heterocycles. The minimum Gasteiger partial charge on any atom is -0.491 e. The zero-order valence-electron chi connectivity index (χ0n) is 24.2. The van der Waals surface area contributed by atoms with Crippen molar-refractivity contribution >= 4 is 30.8 Å². The van der Waals surface area contributed by atoms with Gasteiger partial charge in [0.05, 0.1) is 28.4 Å². The molecule has 1 spiro atoms. The summed E-state index contributed by atoms with van der Waals surface area (Å²) in [6.07, 6.45) is 2.90. The minimum absolute atomic E-state index is 0.00462. The van der Waals surface area contributed by atoms with Crippen LogP contribution in [0.4, 0.5) is 0 Å². The Labute approximate surface area is 253 Å². The first-order valence-corrected chi connectivity index (χ1v) is 17.5. The Bertz CT molecular complexity index is 1610. The van der Waals surface area contributed by atoms with Gasteiger partial charge in [0, 0.05) is 51.0 Å². The molecule has 2 saturated heterocycles. The number of hydrogen-bond acceptors (Lipinski definition) is 10. The summed E-state index contributed by atoms with van der Waals surface area (Å²) in [7, 11) is -5.59. The summed E-state index contributed by atoms with van der Waals surface area (Å²) in [5.41, 5.74) is 0.352. The number of aromatic nitrogens is 1. The van der Waals surface area contributed by atoms with Crippen LogP contribution in [0, 0.1) is 0 Å². The molecule has 1 unspecified atom stereocenters. The Morgan fingerprint density at radius 1 is 1.09 bits per heavy atom. The van der Waals surface area contributed by atoms with E-state index in [1.807, 2.05) is 24.3 Å². The van der Waals surface area contributed by atoms with Gasteiger partial charge in [-0.3, -0.25) is 4.98 Å². The van der Waals surface area contributed by atoms with Crippen LogP contribution in [0.3, 0.4) is 0 Å². The van der Waals surface area contributed by atoms with E-state index in [9.17, 15) is 21.9 Å². The lowest BCUT2D eigenvalue weighted by molar-refractivity contribution is -0.0312. The van der Waals surface area contributed by atoms with E-state index in [1.165, 1.54) is 29.7 Å². The number of para-hydroxylation sites is 1. The first-order chi connectivity index (χ1) is 20.6. The molecule has 0 radical (unpaired) electrons. The van der Waals surface area contributed by atoms with Gasteiger partial charge in [0.2, 0.25) is 10.0 Å². The minimum atomic E-state index is -3.67. The van der Waals surface area contributed by atoms with Gasteiger partial charge >= 0.3 is 0 Å². The van der Waals surface area contributed by atoms with E-state index in [-0.39, 0.29) is 34.7 Å². The average molecular weight is 634 g/mol. The number of pyridine rings is 1. The van der Waals surface area contributed by atoms with E-state index in [4.69, 9.17) is 14.2 Å². The lowest BCUT2D eigenvalue weighted by Gasteiger charge is -2.38. The molecule has 2 fully saturated rings. The van der Waals surface area contributed by atoms with Crippen molar-refractivity contribution < 1.29 is 36.2 Å². The lowest BCUT2D eigenvalue weighted by atomic mass is 9.88.